The number of anilines is 1. The molecule has 1 aromatic heterocycles. The van der Waals surface area contributed by atoms with Crippen LogP contribution in [0.2, 0.25) is 0 Å². The third-order valence-corrected chi connectivity index (χ3v) is 5.62. The lowest BCUT2D eigenvalue weighted by molar-refractivity contribution is 0.683. The van der Waals surface area contributed by atoms with Gasteiger partial charge in [-0.05, 0) is 46.6 Å². The van der Waals surface area contributed by atoms with Gasteiger partial charge in [0.15, 0.2) is 0 Å². The number of rotatable bonds is 3. The summed E-state index contributed by atoms with van der Waals surface area (Å²) in [7, 11) is -1.08. The summed E-state index contributed by atoms with van der Waals surface area (Å²) >= 11 is 4.99. The van der Waals surface area contributed by atoms with Gasteiger partial charge in [0, 0.05) is 20.4 Å². The summed E-state index contributed by atoms with van der Waals surface area (Å²) in [6.45, 7) is 1.97. The van der Waals surface area contributed by atoms with Crippen molar-refractivity contribution in [1.82, 2.24) is 0 Å². The fourth-order valence-electron chi connectivity index (χ4n) is 1.51. The van der Waals surface area contributed by atoms with Crippen LogP contribution >= 0.6 is 27.3 Å². The van der Waals surface area contributed by atoms with E-state index in [2.05, 4.69) is 15.9 Å². The van der Waals surface area contributed by atoms with E-state index in [1.807, 2.05) is 36.6 Å². The third-order valence-electron chi connectivity index (χ3n) is 2.31. The smallest absolute Gasteiger partial charge is 0.0627 e. The van der Waals surface area contributed by atoms with E-state index in [0.717, 1.165) is 19.8 Å². The van der Waals surface area contributed by atoms with Crippen molar-refractivity contribution >= 4 is 43.8 Å². The Morgan fingerprint density at radius 3 is 2.76 bits per heavy atom. The van der Waals surface area contributed by atoms with E-state index in [-0.39, 0.29) is 0 Å². The lowest BCUT2D eigenvalue weighted by atomic mass is 10.2. The molecule has 2 rings (SSSR count). The number of benzene rings is 1. The van der Waals surface area contributed by atoms with E-state index in [0.29, 0.717) is 11.4 Å². The van der Waals surface area contributed by atoms with Crippen molar-refractivity contribution in [3.8, 4) is 0 Å². The van der Waals surface area contributed by atoms with E-state index in [1.54, 1.807) is 11.3 Å². The van der Waals surface area contributed by atoms with Crippen LogP contribution in [0.4, 0.5) is 5.69 Å². The first-order chi connectivity index (χ1) is 8.06. The van der Waals surface area contributed by atoms with Crippen LogP contribution in [0, 0.1) is 6.92 Å². The molecule has 0 bridgehead atoms. The second-order valence-corrected chi connectivity index (χ2v) is 7.09. The molecule has 5 heteroatoms. The maximum Gasteiger partial charge on any atom is 0.0627 e. The summed E-state index contributed by atoms with van der Waals surface area (Å²) in [4.78, 5) is 1.82. The molecule has 0 spiro atoms. The first-order valence-electron chi connectivity index (χ1n) is 5.03. The topological polar surface area (TPSA) is 43.1 Å². The molecule has 0 aliphatic rings. The van der Waals surface area contributed by atoms with Crippen molar-refractivity contribution in [2.45, 2.75) is 17.6 Å². The largest absolute Gasteiger partial charge is 0.398 e. The Bertz CT molecular complexity index is 565. The van der Waals surface area contributed by atoms with Gasteiger partial charge in [0.25, 0.3) is 0 Å². The molecule has 0 radical (unpaired) electrons. The van der Waals surface area contributed by atoms with Gasteiger partial charge in [0.1, 0.15) is 0 Å². The predicted molar refractivity (Wildman–Crippen MR) is 77.7 cm³/mol. The summed E-state index contributed by atoms with van der Waals surface area (Å²) < 4.78 is 13.2. The zero-order chi connectivity index (χ0) is 12.4. The Hall–Kier alpha value is -0.650. The molecule has 2 aromatic rings. The molecule has 1 atom stereocenters. The Labute approximate surface area is 115 Å². The van der Waals surface area contributed by atoms with Crippen LogP contribution in [0.1, 0.15) is 10.4 Å². The van der Waals surface area contributed by atoms with Gasteiger partial charge in [0.2, 0.25) is 0 Å². The van der Waals surface area contributed by atoms with Crippen LogP contribution in [0.3, 0.4) is 0 Å². The predicted octanol–water partition coefficient (Wildman–Crippen LogP) is 3.71. The lowest BCUT2D eigenvalue weighted by Crippen LogP contribution is -2.00. The molecule has 0 saturated heterocycles. The summed E-state index contributed by atoms with van der Waals surface area (Å²) in [5, 5.41) is 1.99. The second-order valence-electron chi connectivity index (χ2n) is 3.76. The molecule has 1 unspecified atom stereocenters. The monoisotopic (exact) mass is 329 g/mol. The van der Waals surface area contributed by atoms with Gasteiger partial charge in [-0.2, -0.15) is 0 Å². The molecular weight excluding hydrogens is 318 g/mol. The molecule has 0 amide bonds. The summed E-state index contributed by atoms with van der Waals surface area (Å²) in [6, 6.07) is 7.64. The first kappa shape index (κ1) is 12.8. The highest BCUT2D eigenvalue weighted by molar-refractivity contribution is 9.10. The number of nitrogen functional groups attached to an aromatic ring is 1. The van der Waals surface area contributed by atoms with Crippen molar-refractivity contribution in [3.63, 3.8) is 0 Å². The minimum atomic E-state index is -1.08. The molecule has 0 fully saturated rings. The Kier molecular flexibility index (Phi) is 4.01. The number of thiophene rings is 1. The van der Waals surface area contributed by atoms with Crippen molar-refractivity contribution in [1.29, 1.82) is 0 Å². The zero-order valence-corrected chi connectivity index (χ0v) is 12.5. The van der Waals surface area contributed by atoms with Gasteiger partial charge in [-0.25, -0.2) is 0 Å². The van der Waals surface area contributed by atoms with E-state index in [4.69, 9.17) is 5.73 Å². The van der Waals surface area contributed by atoms with E-state index in [1.165, 1.54) is 0 Å². The number of aryl methyl sites for hydroxylation is 1. The van der Waals surface area contributed by atoms with E-state index < -0.39 is 10.8 Å². The fraction of sp³-hybridized carbons (Fsp3) is 0.167. The minimum absolute atomic E-state index is 0.517. The van der Waals surface area contributed by atoms with Crippen LogP contribution in [-0.4, -0.2) is 4.21 Å². The highest BCUT2D eigenvalue weighted by atomic mass is 79.9. The highest BCUT2D eigenvalue weighted by Gasteiger charge is 2.10. The summed E-state index contributed by atoms with van der Waals surface area (Å²) in [5.41, 5.74) is 7.58. The maximum absolute atomic E-state index is 12.2. The van der Waals surface area contributed by atoms with Crippen LogP contribution in [-0.2, 0) is 16.6 Å². The van der Waals surface area contributed by atoms with Crippen LogP contribution in [0.5, 0.6) is 0 Å². The molecular formula is C12H12BrNOS2. The van der Waals surface area contributed by atoms with Crippen LogP contribution in [0.25, 0.3) is 0 Å². The minimum Gasteiger partial charge on any atom is -0.398 e. The van der Waals surface area contributed by atoms with Gasteiger partial charge >= 0.3 is 0 Å². The average Bonchev–Trinajstić information content (AvgIpc) is 2.63. The number of hydrogen-bond acceptors (Lipinski definition) is 3. The standard InChI is InChI=1S/C12H12BrNOS2/c1-8-2-3-12(11(14)4-8)17(15)7-10-5-9(13)6-16-10/h2-6H,7,14H2,1H3. The SMILES string of the molecule is Cc1ccc(S(=O)Cc2cc(Br)cs2)c(N)c1. The van der Waals surface area contributed by atoms with Crippen molar-refractivity contribution in [3.05, 3.63) is 44.6 Å². The molecule has 2 N–H and O–H groups in total. The van der Waals surface area contributed by atoms with Gasteiger partial charge < -0.3 is 5.73 Å². The van der Waals surface area contributed by atoms with E-state index in [9.17, 15) is 4.21 Å². The molecule has 1 heterocycles. The van der Waals surface area contributed by atoms with Crippen LogP contribution in [0.15, 0.2) is 39.0 Å². The number of nitrogens with two attached hydrogens (primary N) is 1. The maximum atomic E-state index is 12.2. The highest BCUT2D eigenvalue weighted by Crippen LogP contribution is 2.25. The molecule has 90 valence electrons. The van der Waals surface area contributed by atoms with Gasteiger partial charge in [-0.1, -0.05) is 6.07 Å². The van der Waals surface area contributed by atoms with Crippen molar-refractivity contribution in [2.24, 2.45) is 0 Å². The normalized spacial score (nSPS) is 12.6. The Morgan fingerprint density at radius 1 is 1.41 bits per heavy atom. The molecule has 17 heavy (non-hydrogen) atoms. The molecule has 0 saturated carbocycles. The third kappa shape index (κ3) is 3.18. The Balaban J connectivity index is 2.20. The van der Waals surface area contributed by atoms with Crippen LogP contribution < -0.4 is 5.73 Å². The summed E-state index contributed by atoms with van der Waals surface area (Å²) in [5.74, 6) is 0.517. The number of hydrogen-bond donors (Lipinski definition) is 1. The van der Waals surface area contributed by atoms with Gasteiger partial charge in [-0.3, -0.25) is 4.21 Å². The molecule has 0 aliphatic heterocycles. The quantitative estimate of drug-likeness (QED) is 0.872. The second kappa shape index (κ2) is 5.33. The molecule has 2 nitrogen and oxygen atoms in total. The molecule has 0 aliphatic carbocycles. The average molecular weight is 330 g/mol. The number of halogens is 1. The summed E-state index contributed by atoms with van der Waals surface area (Å²) in [6.07, 6.45) is 0. The first-order valence-corrected chi connectivity index (χ1v) is 8.03. The zero-order valence-electron chi connectivity index (χ0n) is 9.27. The molecule has 1 aromatic carbocycles. The van der Waals surface area contributed by atoms with E-state index >= 15 is 0 Å². The lowest BCUT2D eigenvalue weighted by Gasteiger charge is -2.05. The van der Waals surface area contributed by atoms with Crippen molar-refractivity contribution < 1.29 is 4.21 Å². The van der Waals surface area contributed by atoms with Gasteiger partial charge in [0.05, 0.1) is 21.4 Å². The van der Waals surface area contributed by atoms with Gasteiger partial charge in [-0.15, -0.1) is 11.3 Å². The van der Waals surface area contributed by atoms with Crippen molar-refractivity contribution in [2.75, 3.05) is 5.73 Å². The Morgan fingerprint density at radius 2 is 2.18 bits per heavy atom. The fourth-order valence-corrected chi connectivity index (χ4v) is 4.38.